The van der Waals surface area contributed by atoms with Crippen LogP contribution in [0.15, 0.2) is 65.0 Å². The maximum absolute atomic E-state index is 14.0. The van der Waals surface area contributed by atoms with E-state index >= 15 is 0 Å². The van der Waals surface area contributed by atoms with Gasteiger partial charge in [0, 0.05) is 47.4 Å². The van der Waals surface area contributed by atoms with E-state index in [-0.39, 0.29) is 22.4 Å². The number of hydrogen-bond acceptors (Lipinski definition) is 7. The van der Waals surface area contributed by atoms with Gasteiger partial charge >= 0.3 is 5.97 Å². The average Bonchev–Trinajstić information content (AvgIpc) is 2.90. The van der Waals surface area contributed by atoms with Gasteiger partial charge < -0.3 is 19.1 Å². The maximum atomic E-state index is 14.0. The van der Waals surface area contributed by atoms with Gasteiger partial charge in [-0.2, -0.15) is 0 Å². The highest BCUT2D eigenvalue weighted by Gasteiger charge is 2.49. The summed E-state index contributed by atoms with van der Waals surface area (Å²) in [5, 5.41) is 0. The van der Waals surface area contributed by atoms with Crippen LogP contribution >= 0.6 is 0 Å². The van der Waals surface area contributed by atoms with Crippen LogP contribution < -0.4 is 14.4 Å². The van der Waals surface area contributed by atoms with E-state index in [0.717, 1.165) is 22.6 Å². The van der Waals surface area contributed by atoms with Crippen LogP contribution in [0, 0.1) is 10.8 Å². The predicted octanol–water partition coefficient (Wildman–Crippen LogP) is 6.38. The Morgan fingerprint density at radius 1 is 0.775 bits per heavy atom. The van der Waals surface area contributed by atoms with Crippen molar-refractivity contribution < 1.29 is 28.6 Å². The third-order valence-electron chi connectivity index (χ3n) is 8.20. The second-order valence-electron chi connectivity index (χ2n) is 12.5. The van der Waals surface area contributed by atoms with Gasteiger partial charge in [0.05, 0.1) is 32.6 Å². The van der Waals surface area contributed by atoms with Crippen LogP contribution in [-0.4, -0.2) is 38.9 Å². The quantitative estimate of drug-likeness (QED) is 0.405. The fourth-order valence-corrected chi connectivity index (χ4v) is 6.49. The van der Waals surface area contributed by atoms with Gasteiger partial charge in [-0.1, -0.05) is 39.8 Å². The van der Waals surface area contributed by atoms with Crippen molar-refractivity contribution in [2.45, 2.75) is 59.3 Å². The van der Waals surface area contributed by atoms with Gasteiger partial charge in [0.2, 0.25) is 0 Å². The minimum atomic E-state index is -0.510. The van der Waals surface area contributed by atoms with Gasteiger partial charge in [0.15, 0.2) is 11.6 Å². The van der Waals surface area contributed by atoms with Crippen LogP contribution in [0.4, 0.5) is 5.69 Å². The molecule has 1 aliphatic heterocycles. The summed E-state index contributed by atoms with van der Waals surface area (Å²) >= 11 is 0. The molecule has 0 saturated carbocycles. The number of anilines is 1. The number of Topliss-reactive ketones (excluding diaryl/α,β-unsaturated/α-hetero) is 2. The summed E-state index contributed by atoms with van der Waals surface area (Å²) < 4.78 is 16.2. The lowest BCUT2D eigenvalue weighted by Crippen LogP contribution is -2.44. The summed E-state index contributed by atoms with van der Waals surface area (Å²) in [5.41, 5.74) is 4.58. The normalized spacial score (nSPS) is 20.2. The SMILES string of the molecule is COC(=O)c1ccc(C2C3=C(CC(C)(C)CC3=O)N(c3ccc(OC)cc3OC)C3=C2C(=O)CC(C)(C)C3)cc1. The molecular weight excluding hydrogens is 506 g/mol. The molecule has 7 nitrogen and oxygen atoms in total. The smallest absolute Gasteiger partial charge is 0.337 e. The summed E-state index contributed by atoms with van der Waals surface area (Å²) in [4.78, 5) is 42.4. The maximum Gasteiger partial charge on any atom is 0.337 e. The van der Waals surface area contributed by atoms with E-state index in [2.05, 4.69) is 32.6 Å². The van der Waals surface area contributed by atoms with Crippen molar-refractivity contribution in [3.8, 4) is 11.5 Å². The Morgan fingerprint density at radius 3 is 1.80 bits per heavy atom. The van der Waals surface area contributed by atoms with Gasteiger partial charge in [-0.3, -0.25) is 9.59 Å². The minimum Gasteiger partial charge on any atom is -0.497 e. The number of methoxy groups -OCH3 is 3. The van der Waals surface area contributed by atoms with Crippen LogP contribution in [0.1, 0.15) is 75.2 Å². The summed E-state index contributed by atoms with van der Waals surface area (Å²) in [7, 11) is 4.57. The van der Waals surface area contributed by atoms with Crippen molar-refractivity contribution in [2.75, 3.05) is 26.2 Å². The Kier molecular flexibility index (Phi) is 6.89. The van der Waals surface area contributed by atoms with E-state index in [1.165, 1.54) is 7.11 Å². The number of nitrogens with zero attached hydrogens (tertiary/aromatic N) is 1. The molecule has 40 heavy (non-hydrogen) atoms. The Morgan fingerprint density at radius 2 is 1.32 bits per heavy atom. The largest absolute Gasteiger partial charge is 0.497 e. The molecule has 0 fully saturated rings. The molecule has 0 aromatic heterocycles. The summed E-state index contributed by atoms with van der Waals surface area (Å²) in [5.74, 6) is 0.392. The van der Waals surface area contributed by atoms with E-state index in [1.54, 1.807) is 26.4 Å². The molecule has 1 heterocycles. The second-order valence-corrected chi connectivity index (χ2v) is 12.5. The number of esters is 1. The molecule has 2 aromatic rings. The molecular formula is C33H37NO6. The number of allylic oxidation sites excluding steroid dienone is 4. The lowest BCUT2D eigenvalue weighted by Gasteiger charge is -2.49. The first-order valence-electron chi connectivity index (χ1n) is 13.6. The first kappa shape index (κ1) is 27.7. The van der Waals surface area contributed by atoms with Gasteiger partial charge in [0.1, 0.15) is 11.5 Å². The molecule has 2 aromatic carbocycles. The van der Waals surface area contributed by atoms with Gasteiger partial charge in [-0.25, -0.2) is 4.79 Å². The lowest BCUT2D eigenvalue weighted by molar-refractivity contribution is -0.119. The van der Waals surface area contributed by atoms with E-state index in [4.69, 9.17) is 14.2 Å². The number of ketones is 2. The predicted molar refractivity (Wildman–Crippen MR) is 153 cm³/mol. The number of ether oxygens (including phenoxy) is 3. The van der Waals surface area contributed by atoms with Crippen molar-refractivity contribution in [3.05, 3.63) is 76.1 Å². The van der Waals surface area contributed by atoms with Gasteiger partial charge in [-0.05, 0) is 53.5 Å². The van der Waals surface area contributed by atoms with E-state index in [0.29, 0.717) is 53.9 Å². The molecule has 5 rings (SSSR count). The molecule has 0 unspecified atom stereocenters. The van der Waals surface area contributed by atoms with Crippen molar-refractivity contribution in [2.24, 2.45) is 10.8 Å². The molecule has 210 valence electrons. The van der Waals surface area contributed by atoms with Crippen molar-refractivity contribution in [3.63, 3.8) is 0 Å². The molecule has 0 bridgehead atoms. The highest BCUT2D eigenvalue weighted by Crippen LogP contribution is 2.56. The van der Waals surface area contributed by atoms with Crippen LogP contribution in [0.25, 0.3) is 0 Å². The van der Waals surface area contributed by atoms with Crippen LogP contribution in [-0.2, 0) is 14.3 Å². The zero-order valence-corrected chi connectivity index (χ0v) is 24.3. The Bertz CT molecular complexity index is 1410. The molecule has 0 N–H and O–H groups in total. The summed E-state index contributed by atoms with van der Waals surface area (Å²) in [6, 6.07) is 12.7. The number of hydrogen-bond donors (Lipinski definition) is 0. The standard InChI is InChI=1S/C33H37NO6/c1-32(2)15-23-29(25(35)17-32)28(19-8-10-20(11-9-19)31(37)40-7)30-24(16-33(3,4)18-26(30)36)34(23)22-13-12-21(38-5)14-27(22)39-6/h8-14,28H,15-18H2,1-7H3. The molecule has 7 heteroatoms. The highest BCUT2D eigenvalue weighted by atomic mass is 16.5. The van der Waals surface area contributed by atoms with E-state index in [9.17, 15) is 14.4 Å². The third kappa shape index (κ3) is 4.72. The molecule has 0 radical (unpaired) electrons. The topological polar surface area (TPSA) is 82.1 Å². The average molecular weight is 544 g/mol. The molecule has 0 saturated heterocycles. The van der Waals surface area contributed by atoms with Crippen LogP contribution in [0.2, 0.25) is 0 Å². The highest BCUT2D eigenvalue weighted by molar-refractivity contribution is 6.08. The molecule has 2 aliphatic carbocycles. The monoisotopic (exact) mass is 543 g/mol. The first-order chi connectivity index (χ1) is 18.9. The summed E-state index contributed by atoms with van der Waals surface area (Å²) in [6.07, 6.45) is 2.09. The number of carbonyl (C=O) groups is 3. The van der Waals surface area contributed by atoms with Crippen molar-refractivity contribution >= 4 is 23.2 Å². The fourth-order valence-electron chi connectivity index (χ4n) is 6.49. The third-order valence-corrected chi connectivity index (χ3v) is 8.20. The Balaban J connectivity index is 1.81. The van der Waals surface area contributed by atoms with E-state index in [1.807, 2.05) is 30.3 Å². The number of benzene rings is 2. The Labute approximate surface area is 235 Å². The lowest BCUT2D eigenvalue weighted by atomic mass is 9.63. The molecule has 3 aliphatic rings. The molecule has 0 spiro atoms. The van der Waals surface area contributed by atoms with Crippen molar-refractivity contribution in [1.82, 2.24) is 0 Å². The van der Waals surface area contributed by atoms with Gasteiger partial charge in [0.25, 0.3) is 0 Å². The molecule has 0 amide bonds. The van der Waals surface area contributed by atoms with Gasteiger partial charge in [-0.15, -0.1) is 0 Å². The number of rotatable bonds is 5. The zero-order chi connectivity index (χ0) is 29.0. The first-order valence-corrected chi connectivity index (χ1v) is 13.6. The van der Waals surface area contributed by atoms with Crippen LogP contribution in [0.5, 0.6) is 11.5 Å². The van der Waals surface area contributed by atoms with E-state index < -0.39 is 11.9 Å². The minimum absolute atomic E-state index is 0.0370. The second kappa shape index (κ2) is 9.95. The van der Waals surface area contributed by atoms with Crippen LogP contribution in [0.3, 0.4) is 0 Å². The number of carbonyl (C=O) groups excluding carboxylic acids is 3. The summed E-state index contributed by atoms with van der Waals surface area (Å²) in [6.45, 7) is 8.44. The molecule has 0 atom stereocenters. The fraction of sp³-hybridized carbons (Fsp3) is 0.424. The van der Waals surface area contributed by atoms with Crippen molar-refractivity contribution in [1.29, 1.82) is 0 Å². The Hall–Kier alpha value is -3.87. The zero-order valence-electron chi connectivity index (χ0n) is 24.3.